The first-order valence-electron chi connectivity index (χ1n) is 5.47. The average Bonchev–Trinajstić information content (AvgIpc) is 2.74. The van der Waals surface area contributed by atoms with Gasteiger partial charge < -0.3 is 5.73 Å². The van der Waals surface area contributed by atoms with Gasteiger partial charge in [-0.05, 0) is 43.6 Å². The topological polar surface area (TPSA) is 46.3 Å². The monoisotopic (exact) mass is 238 g/mol. The molecule has 0 radical (unpaired) electrons. The number of nitrogens with zero attached hydrogens (tertiary/aromatic N) is 1. The highest BCUT2D eigenvalue weighted by atomic mass is 35.5. The number of carbonyl (C=O) groups excluding carboxylic acids is 1. The van der Waals surface area contributed by atoms with E-state index in [9.17, 15) is 4.79 Å². The van der Waals surface area contributed by atoms with Gasteiger partial charge in [-0.1, -0.05) is 23.7 Å². The zero-order valence-electron chi connectivity index (χ0n) is 9.03. The van der Waals surface area contributed by atoms with Crippen LogP contribution in [0.3, 0.4) is 0 Å². The van der Waals surface area contributed by atoms with Gasteiger partial charge in [0.05, 0.1) is 0 Å². The molecule has 0 aromatic heterocycles. The number of nitrogens with two attached hydrogens (primary N) is 1. The number of hydrogen-bond donors (Lipinski definition) is 1. The van der Waals surface area contributed by atoms with E-state index in [0.717, 1.165) is 31.5 Å². The number of carbonyl (C=O) groups is 1. The van der Waals surface area contributed by atoms with Crippen LogP contribution in [0.15, 0.2) is 24.3 Å². The van der Waals surface area contributed by atoms with Gasteiger partial charge in [-0.15, -0.1) is 0 Å². The summed E-state index contributed by atoms with van der Waals surface area (Å²) in [6, 6.07) is 7.03. The summed E-state index contributed by atoms with van der Waals surface area (Å²) in [5.41, 5.74) is 6.40. The van der Waals surface area contributed by atoms with E-state index in [-0.39, 0.29) is 11.9 Å². The zero-order valence-corrected chi connectivity index (χ0v) is 9.78. The minimum Gasteiger partial charge on any atom is -0.368 e. The molecule has 0 saturated carbocycles. The lowest BCUT2D eigenvalue weighted by Crippen LogP contribution is -2.35. The minimum absolute atomic E-state index is 0.288. The van der Waals surface area contributed by atoms with Crippen molar-refractivity contribution >= 4 is 17.5 Å². The number of benzene rings is 1. The molecule has 0 aliphatic carbocycles. The first-order valence-corrected chi connectivity index (χ1v) is 5.85. The van der Waals surface area contributed by atoms with Gasteiger partial charge >= 0.3 is 0 Å². The Morgan fingerprint density at radius 3 is 2.31 bits per heavy atom. The fourth-order valence-corrected chi connectivity index (χ4v) is 2.33. The molecule has 2 N–H and O–H groups in total. The Balaban J connectivity index is 2.24. The van der Waals surface area contributed by atoms with E-state index in [1.165, 1.54) is 0 Å². The molecule has 1 aliphatic heterocycles. The van der Waals surface area contributed by atoms with Gasteiger partial charge in [0, 0.05) is 5.02 Å². The molecule has 4 heteroatoms. The first-order chi connectivity index (χ1) is 7.68. The van der Waals surface area contributed by atoms with E-state index < -0.39 is 0 Å². The molecule has 1 atom stereocenters. The standard InChI is InChI=1S/C12H15ClN2O/c13-10-5-3-9(4-6-10)11(12(14)16)15-7-1-2-8-15/h3-6,11H,1-2,7-8H2,(H2,14,16). The van der Waals surface area contributed by atoms with Gasteiger partial charge in [-0.25, -0.2) is 0 Å². The van der Waals surface area contributed by atoms with Gasteiger partial charge in [0.25, 0.3) is 0 Å². The lowest BCUT2D eigenvalue weighted by atomic mass is 10.1. The normalized spacial score (nSPS) is 18.6. The maximum atomic E-state index is 11.5. The molecule has 1 heterocycles. The summed E-state index contributed by atoms with van der Waals surface area (Å²) in [6.45, 7) is 1.88. The largest absolute Gasteiger partial charge is 0.368 e. The van der Waals surface area contributed by atoms with Crippen LogP contribution in [0.5, 0.6) is 0 Å². The van der Waals surface area contributed by atoms with E-state index in [4.69, 9.17) is 17.3 Å². The Hall–Kier alpha value is -1.06. The fraction of sp³-hybridized carbons (Fsp3) is 0.417. The van der Waals surface area contributed by atoms with Crippen LogP contribution in [0.2, 0.25) is 5.02 Å². The predicted molar refractivity (Wildman–Crippen MR) is 64.2 cm³/mol. The SMILES string of the molecule is NC(=O)C(c1ccc(Cl)cc1)N1CCCC1. The van der Waals surface area contributed by atoms with Crippen molar-refractivity contribution in [3.05, 3.63) is 34.9 Å². The first kappa shape index (κ1) is 11.4. The number of primary amides is 1. The van der Waals surface area contributed by atoms with Gasteiger partial charge in [0.1, 0.15) is 6.04 Å². The van der Waals surface area contributed by atoms with Crippen LogP contribution < -0.4 is 5.73 Å². The van der Waals surface area contributed by atoms with Crippen molar-refractivity contribution < 1.29 is 4.79 Å². The van der Waals surface area contributed by atoms with E-state index in [1.54, 1.807) is 12.1 Å². The van der Waals surface area contributed by atoms with Crippen LogP contribution in [-0.4, -0.2) is 23.9 Å². The molecule has 1 fully saturated rings. The highest BCUT2D eigenvalue weighted by molar-refractivity contribution is 6.30. The molecule has 1 unspecified atom stereocenters. The fourth-order valence-electron chi connectivity index (χ4n) is 2.20. The quantitative estimate of drug-likeness (QED) is 0.875. The van der Waals surface area contributed by atoms with Gasteiger partial charge in [0.2, 0.25) is 5.91 Å². The molecule has 1 saturated heterocycles. The smallest absolute Gasteiger partial charge is 0.239 e. The third kappa shape index (κ3) is 2.36. The van der Waals surface area contributed by atoms with Crippen LogP contribution in [0.4, 0.5) is 0 Å². The van der Waals surface area contributed by atoms with E-state index in [0.29, 0.717) is 5.02 Å². The van der Waals surface area contributed by atoms with Crippen molar-refractivity contribution in [2.24, 2.45) is 5.73 Å². The predicted octanol–water partition coefficient (Wildman–Crippen LogP) is 1.96. The van der Waals surface area contributed by atoms with Crippen molar-refractivity contribution in [2.45, 2.75) is 18.9 Å². The Morgan fingerprint density at radius 1 is 1.25 bits per heavy atom. The third-order valence-electron chi connectivity index (χ3n) is 2.96. The highest BCUT2D eigenvalue weighted by Gasteiger charge is 2.27. The summed E-state index contributed by atoms with van der Waals surface area (Å²) in [5, 5.41) is 0.674. The Labute approximate surface area is 100 Å². The van der Waals surface area contributed by atoms with E-state index >= 15 is 0 Å². The lowest BCUT2D eigenvalue weighted by molar-refractivity contribution is -0.123. The van der Waals surface area contributed by atoms with E-state index in [1.807, 2.05) is 12.1 Å². The molecule has 1 aliphatic rings. The number of rotatable bonds is 3. The summed E-state index contributed by atoms with van der Waals surface area (Å²) in [6.07, 6.45) is 2.27. The van der Waals surface area contributed by atoms with Gasteiger partial charge in [-0.3, -0.25) is 9.69 Å². The average molecular weight is 239 g/mol. The van der Waals surface area contributed by atoms with Crippen LogP contribution in [-0.2, 0) is 4.79 Å². The molecule has 1 amide bonds. The maximum absolute atomic E-state index is 11.5. The molecule has 1 aromatic carbocycles. The Bertz CT molecular complexity index is 371. The highest BCUT2D eigenvalue weighted by Crippen LogP contribution is 2.25. The zero-order chi connectivity index (χ0) is 11.5. The molecular weight excluding hydrogens is 224 g/mol. The second-order valence-corrected chi connectivity index (χ2v) is 4.54. The van der Waals surface area contributed by atoms with Crippen molar-refractivity contribution in [3.63, 3.8) is 0 Å². The van der Waals surface area contributed by atoms with Gasteiger partial charge in [-0.2, -0.15) is 0 Å². The number of hydrogen-bond acceptors (Lipinski definition) is 2. The Morgan fingerprint density at radius 2 is 1.81 bits per heavy atom. The number of likely N-dealkylation sites (tertiary alicyclic amines) is 1. The molecule has 3 nitrogen and oxygen atoms in total. The van der Waals surface area contributed by atoms with Crippen molar-refractivity contribution in [3.8, 4) is 0 Å². The van der Waals surface area contributed by atoms with Crippen molar-refractivity contribution in [1.82, 2.24) is 4.90 Å². The second kappa shape index (κ2) is 4.85. The molecule has 86 valence electrons. The summed E-state index contributed by atoms with van der Waals surface area (Å²) in [7, 11) is 0. The molecule has 16 heavy (non-hydrogen) atoms. The summed E-state index contributed by atoms with van der Waals surface area (Å²) in [4.78, 5) is 13.6. The van der Waals surface area contributed by atoms with Gasteiger partial charge in [0.15, 0.2) is 0 Å². The summed E-state index contributed by atoms with van der Waals surface area (Å²) in [5.74, 6) is -0.288. The number of halogens is 1. The van der Waals surface area contributed by atoms with Crippen LogP contribution in [0.25, 0.3) is 0 Å². The third-order valence-corrected chi connectivity index (χ3v) is 3.21. The summed E-state index contributed by atoms with van der Waals surface area (Å²) >= 11 is 5.83. The maximum Gasteiger partial charge on any atom is 0.239 e. The Kier molecular flexibility index (Phi) is 3.46. The van der Waals surface area contributed by atoms with Crippen LogP contribution >= 0.6 is 11.6 Å². The van der Waals surface area contributed by atoms with Crippen molar-refractivity contribution in [1.29, 1.82) is 0 Å². The molecular formula is C12H15ClN2O. The number of amides is 1. The summed E-state index contributed by atoms with van der Waals surface area (Å²) < 4.78 is 0. The van der Waals surface area contributed by atoms with Crippen LogP contribution in [0.1, 0.15) is 24.4 Å². The van der Waals surface area contributed by atoms with E-state index in [2.05, 4.69) is 4.90 Å². The molecule has 1 aromatic rings. The molecule has 0 spiro atoms. The van der Waals surface area contributed by atoms with Crippen LogP contribution in [0, 0.1) is 0 Å². The second-order valence-electron chi connectivity index (χ2n) is 4.10. The lowest BCUT2D eigenvalue weighted by Gasteiger charge is -2.24. The van der Waals surface area contributed by atoms with Crippen molar-refractivity contribution in [2.75, 3.05) is 13.1 Å². The molecule has 0 bridgehead atoms. The molecule has 2 rings (SSSR count). The minimum atomic E-state index is -0.306.